The topological polar surface area (TPSA) is 641 Å². The third kappa shape index (κ3) is 28.3. The van der Waals surface area contributed by atoms with Crippen LogP contribution in [0.2, 0.25) is 0 Å². The highest BCUT2D eigenvalue weighted by Gasteiger charge is 2.51. The molecule has 0 radical (unpaired) electrons. The van der Waals surface area contributed by atoms with Gasteiger partial charge in [0.1, 0.15) is 74.4 Å². The summed E-state index contributed by atoms with van der Waals surface area (Å²) in [6.07, 6.45) is 8.17. The molecule has 11 amide bonds. The number of fused-ring (bicyclic) bond motifs is 5. The molecule has 4 fully saturated rings. The fourth-order valence-electron chi connectivity index (χ4n) is 16.9. The lowest BCUT2D eigenvalue weighted by molar-refractivity contribution is -0.189. The van der Waals surface area contributed by atoms with Gasteiger partial charge in [-0.25, -0.2) is 14.6 Å². The number of nitrogens with zero attached hydrogens (tertiary/aromatic N) is 9. The first-order valence-corrected chi connectivity index (χ1v) is 44.8. The molecule has 0 saturated carbocycles. The molecule has 129 heavy (non-hydrogen) atoms. The van der Waals surface area contributed by atoms with Crippen molar-refractivity contribution >= 4 is 106 Å². The van der Waals surface area contributed by atoms with Gasteiger partial charge in [-0.1, -0.05) is 20.3 Å². The molecule has 4 saturated heterocycles. The zero-order valence-corrected chi connectivity index (χ0v) is 74.5. The number of unbranched alkanes of at least 4 members (excludes halogenated alkanes) is 1. The molecule has 6 aliphatic heterocycles. The summed E-state index contributed by atoms with van der Waals surface area (Å²) in [6, 6.07) is -2.05. The van der Waals surface area contributed by atoms with E-state index in [4.69, 9.17) is 73.5 Å². The van der Waals surface area contributed by atoms with Crippen LogP contribution in [0.1, 0.15) is 179 Å². The maximum atomic E-state index is 14.7. The molecule has 3 aromatic rings. The van der Waals surface area contributed by atoms with E-state index in [0.29, 0.717) is 93.5 Å². The van der Waals surface area contributed by atoms with Crippen molar-refractivity contribution in [2.24, 2.45) is 55.1 Å². The minimum atomic E-state index is -2.17. The number of aryl methyl sites for hydroxylation is 1. The van der Waals surface area contributed by atoms with Gasteiger partial charge in [0.2, 0.25) is 64.7 Å². The Balaban J connectivity index is 0.787. The molecule has 44 nitrogen and oxygen atoms in total. The van der Waals surface area contributed by atoms with Crippen LogP contribution in [0.3, 0.4) is 0 Å². The van der Waals surface area contributed by atoms with Crippen LogP contribution < -0.4 is 93.0 Å². The lowest BCUT2D eigenvalue weighted by Gasteiger charge is -2.39. The van der Waals surface area contributed by atoms with E-state index in [1.165, 1.54) is 47.5 Å². The van der Waals surface area contributed by atoms with Gasteiger partial charge in [-0.3, -0.25) is 72.5 Å². The first kappa shape index (κ1) is 101. The highest BCUT2D eigenvalue weighted by molar-refractivity contribution is 5.99. The van der Waals surface area contributed by atoms with Crippen LogP contribution in [0.4, 0.5) is 4.79 Å². The quantitative estimate of drug-likeness (QED) is 0.00917. The van der Waals surface area contributed by atoms with Crippen LogP contribution in [0, 0.1) is 0 Å². The Morgan fingerprint density at radius 2 is 1.16 bits per heavy atom. The highest BCUT2D eigenvalue weighted by atomic mass is 16.6. The smallest absolute Gasteiger partial charge is 0.415 e. The SMILES string of the molecule is CCOCCOCC(=O)NCCCC[C@H](NC(=O)COCCNC(=O)C(CCCN=C(N)N)NC(=O)C(C)NC(=O)C1CCCN1C(=O)C(CCCN=C(N)N)NC(=O)C(C)NC(=O)C1CCCN1C(=O)C(N)CCCN=C(N)N)C(=O)NCC(=O)O[C@]1(CC)C(=O)OCc2c1cc1n(c2=O)Cc2c-1nc1ccc(OC(=O)N3CCC(N4CCCCC4)CC3)cc1c2CC. The van der Waals surface area contributed by atoms with Crippen molar-refractivity contribution < 1.29 is 90.8 Å². The maximum absolute atomic E-state index is 14.7. The molecule has 1 aromatic carbocycles. The lowest BCUT2D eigenvalue weighted by Crippen LogP contribution is -2.59. The van der Waals surface area contributed by atoms with Crippen LogP contribution in [0.15, 0.2) is 44.0 Å². The van der Waals surface area contributed by atoms with Crippen molar-refractivity contribution in [1.29, 1.82) is 0 Å². The standard InChI is InChI=1S/C85H130N24O20/c1-6-54-55-43-53(128-84(123)106-38-27-52(28-39-106)105-34-12-9-13-35-105)25-26-60(55)102-70-56(54)46-109-66(70)44-58-57(77(109)119)47-127-80(122)85(58,7-2)129-69(112)45-98-74(116)61(20-10-11-29-93-67(110)48-126-42-41-124-8-3)101-68(111)49-125-40-33-94-73(115)62(21-15-31-96-82(89)90)103-71(113)50(4)99-76(118)65-24-18-37-108(65)79(121)63(22-16-32-97-83(91)92)104-72(114)51(5)100-75(117)64-23-17-36-107(64)78(120)59(86)19-14-30-95-81(87)88/h25-26,43-44,50-52,59,61-65H,6-24,27-42,45-49,86H2,1-5H3,(H,93,110)(H,94,115)(H,98,116)(H,99,118)(H,100,117)(H,101,111)(H,103,113)(H,104,114)(H4,87,88,95)(H4,89,90,96)(H4,91,92,97)/t50?,51?,59?,61-,62?,63?,64?,65?,85-/m0/s1. The number of benzene rings is 1. The van der Waals surface area contributed by atoms with Gasteiger partial charge < -0.3 is 135 Å². The number of likely N-dealkylation sites (tertiary alicyclic amines) is 4. The Bertz CT molecular complexity index is 4620. The largest absolute Gasteiger partial charge is 0.457 e. The summed E-state index contributed by atoms with van der Waals surface area (Å²) >= 11 is 0. The summed E-state index contributed by atoms with van der Waals surface area (Å²) in [5, 5.41) is 21.9. The summed E-state index contributed by atoms with van der Waals surface area (Å²) < 4.78 is 35.4. The number of amides is 11. The molecule has 2 aromatic heterocycles. The maximum Gasteiger partial charge on any atom is 0.415 e. The number of cyclic esters (lactones) is 1. The van der Waals surface area contributed by atoms with E-state index in [1.54, 1.807) is 36.1 Å². The number of esters is 2. The number of aliphatic imine (C=N–C) groups is 3. The molecule has 9 rings (SSSR count). The monoisotopic (exact) mass is 1810 g/mol. The molecule has 0 spiro atoms. The van der Waals surface area contributed by atoms with Crippen molar-refractivity contribution in [1.82, 2.24) is 71.7 Å². The molecule has 8 heterocycles. The summed E-state index contributed by atoms with van der Waals surface area (Å²) in [6.45, 7) is 10.9. The Hall–Kier alpha value is -11.9. The van der Waals surface area contributed by atoms with Crippen LogP contribution in [0.25, 0.3) is 22.3 Å². The van der Waals surface area contributed by atoms with E-state index < -0.39 is 156 Å². The molecule has 6 aliphatic rings. The Morgan fingerprint density at radius 1 is 0.581 bits per heavy atom. The number of hydrogen-bond acceptors (Lipinski definition) is 26. The van der Waals surface area contributed by atoms with Crippen molar-refractivity contribution in [3.05, 3.63) is 56.9 Å². The fraction of sp³-hybridized carbons (Fsp3) is 0.647. The van der Waals surface area contributed by atoms with E-state index in [1.807, 2.05) is 13.8 Å². The number of piperidine rings is 2. The summed E-state index contributed by atoms with van der Waals surface area (Å²) in [4.78, 5) is 218. The number of pyridine rings is 2. The van der Waals surface area contributed by atoms with Gasteiger partial charge >= 0.3 is 18.0 Å². The van der Waals surface area contributed by atoms with Crippen molar-refractivity contribution in [2.45, 2.75) is 236 Å². The van der Waals surface area contributed by atoms with Crippen molar-refractivity contribution in [2.75, 3.05) is 118 Å². The minimum absolute atomic E-state index is 0.00741. The average Bonchev–Trinajstić information content (AvgIpc) is 1.57. The Morgan fingerprint density at radius 3 is 1.78 bits per heavy atom. The number of carbonyl (C=O) groups excluding carboxylic acids is 13. The van der Waals surface area contributed by atoms with E-state index in [-0.39, 0.29) is 159 Å². The third-order valence-corrected chi connectivity index (χ3v) is 23.7. The minimum Gasteiger partial charge on any atom is -0.457 e. The van der Waals surface area contributed by atoms with Crippen molar-refractivity contribution in [3.63, 3.8) is 0 Å². The molecule has 0 bridgehead atoms. The normalized spacial score (nSPS) is 18.5. The zero-order chi connectivity index (χ0) is 93.4. The average molecular weight is 1810 g/mol. The number of hydrogen-bond donors (Lipinski definition) is 15. The first-order valence-electron chi connectivity index (χ1n) is 44.8. The predicted molar refractivity (Wildman–Crippen MR) is 473 cm³/mol. The van der Waals surface area contributed by atoms with Crippen LogP contribution in [-0.2, 0) is 106 Å². The molecular formula is C85H130N24O20. The van der Waals surface area contributed by atoms with E-state index in [9.17, 15) is 67.1 Å². The zero-order valence-electron chi connectivity index (χ0n) is 74.5. The number of nitrogens with two attached hydrogens (primary N) is 7. The number of ether oxygens (including phenoxy) is 6. The summed E-state index contributed by atoms with van der Waals surface area (Å²) in [5.74, 6) is -8.97. The highest BCUT2D eigenvalue weighted by Crippen LogP contribution is 2.43. The number of carbonyl (C=O) groups is 13. The number of aromatic nitrogens is 2. The molecular weight excluding hydrogens is 1680 g/mol. The van der Waals surface area contributed by atoms with Gasteiger partial charge in [0.05, 0.1) is 54.9 Å². The fourth-order valence-corrected chi connectivity index (χ4v) is 16.9. The number of rotatable bonds is 48. The first-order chi connectivity index (χ1) is 61.9. The second kappa shape index (κ2) is 49.6. The van der Waals surface area contributed by atoms with Gasteiger partial charge in [0.25, 0.3) is 5.56 Å². The van der Waals surface area contributed by atoms with Crippen LogP contribution in [-0.4, -0.2) is 297 Å². The number of guanidine groups is 3. The second-order valence-electron chi connectivity index (χ2n) is 32.9. The van der Waals surface area contributed by atoms with Gasteiger partial charge in [-0.05, 0) is 186 Å². The lowest BCUT2D eigenvalue weighted by atomic mass is 9.85. The second-order valence-corrected chi connectivity index (χ2v) is 32.9. The van der Waals surface area contributed by atoms with E-state index in [2.05, 4.69) is 62.4 Å². The van der Waals surface area contributed by atoms with Crippen LogP contribution >= 0.6 is 0 Å². The molecule has 710 valence electrons. The Kier molecular flexibility index (Phi) is 38.8. The van der Waals surface area contributed by atoms with Crippen LogP contribution in [0.5, 0.6) is 5.75 Å². The van der Waals surface area contributed by atoms with E-state index in [0.717, 1.165) is 42.4 Å². The Labute approximate surface area is 748 Å². The molecule has 7 unspecified atom stereocenters. The third-order valence-electron chi connectivity index (χ3n) is 23.7. The molecule has 22 N–H and O–H groups in total. The predicted octanol–water partition coefficient (Wildman–Crippen LogP) is -2.84. The summed E-state index contributed by atoms with van der Waals surface area (Å²) in [7, 11) is 0. The molecule has 44 heteroatoms. The van der Waals surface area contributed by atoms with Gasteiger partial charge in [0.15, 0.2) is 17.9 Å². The summed E-state index contributed by atoms with van der Waals surface area (Å²) in [5.41, 5.74) is 39.7. The molecule has 9 atom stereocenters. The van der Waals surface area contributed by atoms with Gasteiger partial charge in [-0.2, -0.15) is 0 Å². The van der Waals surface area contributed by atoms with Gasteiger partial charge in [-0.15, -0.1) is 0 Å². The van der Waals surface area contributed by atoms with Gasteiger partial charge in [0, 0.05) is 88.1 Å². The number of nitrogens with one attached hydrogen (secondary N) is 8. The van der Waals surface area contributed by atoms with Crippen molar-refractivity contribution in [3.8, 4) is 17.1 Å². The van der Waals surface area contributed by atoms with E-state index >= 15 is 0 Å². The molecule has 0 aliphatic carbocycles.